The number of nitrogens with one attached hydrogen (secondary N) is 2. The van der Waals surface area contributed by atoms with Gasteiger partial charge in [-0.05, 0) is 31.7 Å². The minimum Gasteiger partial charge on any atom is -0.487 e. The van der Waals surface area contributed by atoms with Gasteiger partial charge in [-0.15, -0.1) is 12.4 Å². The first kappa shape index (κ1) is 17.5. The van der Waals surface area contributed by atoms with Gasteiger partial charge in [0.05, 0.1) is 19.3 Å². The Labute approximate surface area is 148 Å². The van der Waals surface area contributed by atoms with E-state index in [0.717, 1.165) is 37.1 Å². The highest BCUT2D eigenvalue weighted by Crippen LogP contribution is 2.46. The van der Waals surface area contributed by atoms with Gasteiger partial charge in [0.2, 0.25) is 5.91 Å². The second-order valence-electron chi connectivity index (χ2n) is 6.88. The third-order valence-corrected chi connectivity index (χ3v) is 5.27. The van der Waals surface area contributed by atoms with Gasteiger partial charge in [-0.3, -0.25) is 4.79 Å². The molecular weight excluding hydrogens is 328 g/mol. The van der Waals surface area contributed by atoms with Crippen LogP contribution in [0.15, 0.2) is 24.3 Å². The van der Waals surface area contributed by atoms with Gasteiger partial charge in [0.25, 0.3) is 0 Å². The molecule has 2 N–H and O–H groups in total. The van der Waals surface area contributed by atoms with Gasteiger partial charge in [0.1, 0.15) is 17.4 Å². The Morgan fingerprint density at radius 1 is 1.25 bits per heavy atom. The molecule has 3 aliphatic rings. The topological polar surface area (TPSA) is 59.6 Å². The van der Waals surface area contributed by atoms with Crippen LogP contribution in [-0.4, -0.2) is 37.3 Å². The second-order valence-corrected chi connectivity index (χ2v) is 6.88. The molecule has 0 aromatic heterocycles. The molecule has 4 rings (SSSR count). The zero-order valence-electron chi connectivity index (χ0n) is 13.8. The van der Waals surface area contributed by atoms with Crippen LogP contribution in [-0.2, 0) is 9.53 Å². The van der Waals surface area contributed by atoms with Crippen LogP contribution in [0.25, 0.3) is 0 Å². The number of morpholine rings is 1. The Kier molecular flexibility index (Phi) is 5.33. The molecule has 0 radical (unpaired) electrons. The van der Waals surface area contributed by atoms with E-state index in [1.54, 1.807) is 0 Å². The van der Waals surface area contributed by atoms with Crippen molar-refractivity contribution in [2.45, 2.75) is 49.8 Å². The molecule has 1 aliphatic carbocycles. The first-order valence-corrected chi connectivity index (χ1v) is 8.65. The number of carbonyl (C=O) groups is 1. The Morgan fingerprint density at radius 3 is 2.79 bits per heavy atom. The first-order valence-electron chi connectivity index (χ1n) is 8.65. The molecule has 2 unspecified atom stereocenters. The van der Waals surface area contributed by atoms with Crippen LogP contribution in [0.2, 0.25) is 0 Å². The fraction of sp³-hybridized carbons (Fsp3) is 0.611. The van der Waals surface area contributed by atoms with Gasteiger partial charge in [-0.2, -0.15) is 0 Å². The van der Waals surface area contributed by atoms with Crippen LogP contribution >= 0.6 is 12.4 Å². The lowest BCUT2D eigenvalue weighted by molar-refractivity contribution is -0.127. The Hall–Kier alpha value is -1.30. The summed E-state index contributed by atoms with van der Waals surface area (Å²) >= 11 is 0. The van der Waals surface area contributed by atoms with Crippen molar-refractivity contribution in [1.82, 2.24) is 10.6 Å². The van der Waals surface area contributed by atoms with E-state index < -0.39 is 0 Å². The lowest BCUT2D eigenvalue weighted by Gasteiger charge is -2.40. The smallest absolute Gasteiger partial charge is 0.240 e. The molecule has 6 heteroatoms. The molecule has 2 fully saturated rings. The Balaban J connectivity index is 0.00000169. The van der Waals surface area contributed by atoms with E-state index in [2.05, 4.69) is 16.7 Å². The lowest BCUT2D eigenvalue weighted by atomic mass is 9.86. The lowest BCUT2D eigenvalue weighted by Crippen LogP contribution is -2.53. The van der Waals surface area contributed by atoms with Crippen molar-refractivity contribution in [2.24, 2.45) is 0 Å². The number of benzene rings is 1. The van der Waals surface area contributed by atoms with Crippen LogP contribution in [0.5, 0.6) is 5.75 Å². The molecule has 1 aromatic carbocycles. The highest BCUT2D eigenvalue weighted by molar-refractivity contribution is 5.85. The number of hydrogen-bond donors (Lipinski definition) is 2. The summed E-state index contributed by atoms with van der Waals surface area (Å²) in [7, 11) is 0. The largest absolute Gasteiger partial charge is 0.487 e. The molecule has 2 heterocycles. The van der Waals surface area contributed by atoms with Crippen LogP contribution < -0.4 is 15.4 Å². The van der Waals surface area contributed by atoms with Crippen molar-refractivity contribution >= 4 is 18.3 Å². The second kappa shape index (κ2) is 7.30. The SMILES string of the molecule is Cl.O=C(NC1CC2(CCCC2)Oc2ccccc21)C1COCCN1. The van der Waals surface area contributed by atoms with Gasteiger partial charge in [-0.25, -0.2) is 0 Å². The minimum absolute atomic E-state index is 0. The molecule has 24 heavy (non-hydrogen) atoms. The van der Waals surface area contributed by atoms with Crippen LogP contribution in [0.3, 0.4) is 0 Å². The normalized spacial score (nSPS) is 27.7. The summed E-state index contributed by atoms with van der Waals surface area (Å²) in [5, 5.41) is 6.46. The van der Waals surface area contributed by atoms with E-state index in [1.807, 2.05) is 18.2 Å². The van der Waals surface area contributed by atoms with Crippen molar-refractivity contribution in [3.05, 3.63) is 29.8 Å². The van der Waals surface area contributed by atoms with Gasteiger partial charge < -0.3 is 20.1 Å². The highest BCUT2D eigenvalue weighted by Gasteiger charge is 2.43. The number of hydrogen-bond acceptors (Lipinski definition) is 4. The quantitative estimate of drug-likeness (QED) is 0.857. The van der Waals surface area contributed by atoms with Crippen molar-refractivity contribution in [3.63, 3.8) is 0 Å². The van der Waals surface area contributed by atoms with Crippen LogP contribution in [0.1, 0.15) is 43.7 Å². The molecule has 1 amide bonds. The zero-order chi connectivity index (χ0) is 15.7. The maximum absolute atomic E-state index is 12.6. The molecule has 1 spiro atoms. The minimum atomic E-state index is -0.252. The number of para-hydroxylation sites is 1. The van der Waals surface area contributed by atoms with E-state index in [4.69, 9.17) is 9.47 Å². The molecule has 0 bridgehead atoms. The maximum atomic E-state index is 12.6. The predicted octanol–water partition coefficient (Wildman–Crippen LogP) is 2.35. The number of ether oxygens (including phenoxy) is 2. The van der Waals surface area contributed by atoms with E-state index in [0.29, 0.717) is 13.2 Å². The van der Waals surface area contributed by atoms with E-state index in [-0.39, 0.29) is 36.0 Å². The molecule has 1 saturated heterocycles. The number of carbonyl (C=O) groups excluding carboxylic acids is 1. The summed E-state index contributed by atoms with van der Waals surface area (Å²) in [5.41, 5.74) is 0.998. The molecule has 5 nitrogen and oxygen atoms in total. The monoisotopic (exact) mass is 352 g/mol. The first-order chi connectivity index (χ1) is 11.3. The van der Waals surface area contributed by atoms with Gasteiger partial charge in [0, 0.05) is 18.5 Å². The predicted molar refractivity (Wildman–Crippen MR) is 93.6 cm³/mol. The Bertz CT molecular complexity index is 583. The van der Waals surface area contributed by atoms with E-state index in [9.17, 15) is 4.79 Å². The number of halogens is 1. The Morgan fingerprint density at radius 2 is 2.04 bits per heavy atom. The molecular formula is C18H25ClN2O3. The van der Waals surface area contributed by atoms with Gasteiger partial charge in [0.15, 0.2) is 0 Å². The van der Waals surface area contributed by atoms with Crippen molar-refractivity contribution < 1.29 is 14.3 Å². The average Bonchev–Trinajstić information content (AvgIpc) is 3.03. The van der Waals surface area contributed by atoms with Gasteiger partial charge in [-0.1, -0.05) is 18.2 Å². The van der Waals surface area contributed by atoms with Crippen LogP contribution in [0, 0.1) is 0 Å². The molecule has 2 atom stereocenters. The fourth-order valence-electron chi connectivity index (χ4n) is 4.08. The van der Waals surface area contributed by atoms with Crippen molar-refractivity contribution in [2.75, 3.05) is 19.8 Å². The molecule has 2 aliphatic heterocycles. The van der Waals surface area contributed by atoms with E-state index >= 15 is 0 Å². The standard InChI is InChI=1S/C18H24N2O3.ClH/c21-17(15-12-22-10-9-19-15)20-14-11-18(7-3-4-8-18)23-16-6-2-1-5-13(14)16;/h1-2,5-6,14-15,19H,3-4,7-12H2,(H,20,21);1H. The van der Waals surface area contributed by atoms with Gasteiger partial charge >= 0.3 is 0 Å². The molecule has 132 valence electrons. The highest BCUT2D eigenvalue weighted by atomic mass is 35.5. The molecule has 1 aromatic rings. The summed E-state index contributed by atoms with van der Waals surface area (Å²) < 4.78 is 11.8. The molecule has 1 saturated carbocycles. The zero-order valence-corrected chi connectivity index (χ0v) is 14.6. The summed E-state index contributed by atoms with van der Waals surface area (Å²) in [6, 6.07) is 7.87. The third-order valence-electron chi connectivity index (χ3n) is 5.27. The maximum Gasteiger partial charge on any atom is 0.240 e. The van der Waals surface area contributed by atoms with Crippen molar-refractivity contribution in [3.8, 4) is 5.75 Å². The fourth-order valence-corrected chi connectivity index (χ4v) is 4.08. The number of amides is 1. The summed E-state index contributed by atoms with van der Waals surface area (Å²) in [6.45, 7) is 1.85. The third kappa shape index (κ3) is 3.39. The van der Waals surface area contributed by atoms with Crippen LogP contribution in [0.4, 0.5) is 0 Å². The summed E-state index contributed by atoms with van der Waals surface area (Å²) in [4.78, 5) is 12.6. The average molecular weight is 353 g/mol. The number of rotatable bonds is 2. The summed E-state index contributed by atoms with van der Waals surface area (Å²) in [6.07, 6.45) is 5.45. The number of fused-ring (bicyclic) bond motifs is 1. The summed E-state index contributed by atoms with van der Waals surface area (Å²) in [5.74, 6) is 0.957. The van der Waals surface area contributed by atoms with E-state index in [1.165, 1.54) is 12.8 Å². The van der Waals surface area contributed by atoms with Crippen molar-refractivity contribution in [1.29, 1.82) is 0 Å².